The smallest absolute Gasteiger partial charge is 0.340 e. The standard InChI is InChI=1S/C19H19F3N2O2/c1-12(2)16(24-17(25)13-7-4-3-5-8-13)18(26)23-15-10-6-9-14(11-15)19(20,21)22/h3-12,16H,1-2H3,(H,23,26)(H,24,25)/t16-/m1/s1. The normalized spacial score (nSPS) is 12.5. The summed E-state index contributed by atoms with van der Waals surface area (Å²) in [4.78, 5) is 24.7. The van der Waals surface area contributed by atoms with Crippen molar-refractivity contribution in [2.75, 3.05) is 5.32 Å². The lowest BCUT2D eigenvalue weighted by molar-refractivity contribution is -0.137. The van der Waals surface area contributed by atoms with Crippen LogP contribution >= 0.6 is 0 Å². The highest BCUT2D eigenvalue weighted by atomic mass is 19.4. The van der Waals surface area contributed by atoms with Gasteiger partial charge in [-0.25, -0.2) is 0 Å². The average Bonchev–Trinajstić information content (AvgIpc) is 2.59. The number of nitrogens with one attached hydrogen (secondary N) is 2. The molecule has 0 heterocycles. The highest BCUT2D eigenvalue weighted by molar-refractivity contribution is 6.01. The Balaban J connectivity index is 2.13. The first-order valence-corrected chi connectivity index (χ1v) is 8.02. The molecule has 0 aliphatic rings. The minimum absolute atomic E-state index is 0.0180. The van der Waals surface area contributed by atoms with Gasteiger partial charge in [-0.1, -0.05) is 38.1 Å². The zero-order chi connectivity index (χ0) is 19.3. The molecule has 2 aromatic carbocycles. The molecule has 4 nitrogen and oxygen atoms in total. The molecule has 7 heteroatoms. The minimum Gasteiger partial charge on any atom is -0.340 e. The molecule has 2 amide bonds. The van der Waals surface area contributed by atoms with Crippen molar-refractivity contribution in [2.24, 2.45) is 5.92 Å². The van der Waals surface area contributed by atoms with E-state index in [0.717, 1.165) is 12.1 Å². The fraction of sp³-hybridized carbons (Fsp3) is 0.263. The Hall–Kier alpha value is -2.83. The summed E-state index contributed by atoms with van der Waals surface area (Å²) in [5.74, 6) is -1.26. The molecule has 0 spiro atoms. The quantitative estimate of drug-likeness (QED) is 0.839. The van der Waals surface area contributed by atoms with Crippen LogP contribution in [0.25, 0.3) is 0 Å². The third kappa shape index (κ3) is 5.08. The number of hydrogen-bond acceptors (Lipinski definition) is 2. The van der Waals surface area contributed by atoms with Crippen molar-refractivity contribution in [1.82, 2.24) is 5.32 Å². The SMILES string of the molecule is CC(C)[C@@H](NC(=O)c1ccccc1)C(=O)Nc1cccc(C(F)(F)F)c1. The summed E-state index contributed by atoms with van der Waals surface area (Å²) in [6.07, 6.45) is -4.50. The zero-order valence-corrected chi connectivity index (χ0v) is 14.3. The number of amides is 2. The third-order valence-corrected chi connectivity index (χ3v) is 3.73. The Morgan fingerprint density at radius 1 is 0.962 bits per heavy atom. The lowest BCUT2D eigenvalue weighted by Gasteiger charge is -2.22. The summed E-state index contributed by atoms with van der Waals surface area (Å²) < 4.78 is 38.3. The molecule has 0 fully saturated rings. The van der Waals surface area contributed by atoms with Crippen molar-refractivity contribution in [1.29, 1.82) is 0 Å². The van der Waals surface area contributed by atoms with E-state index in [1.807, 2.05) is 0 Å². The van der Waals surface area contributed by atoms with Crippen molar-refractivity contribution >= 4 is 17.5 Å². The summed E-state index contributed by atoms with van der Waals surface area (Å²) in [6.45, 7) is 3.48. The van der Waals surface area contributed by atoms with Crippen LogP contribution < -0.4 is 10.6 Å². The average molecular weight is 364 g/mol. The van der Waals surface area contributed by atoms with Gasteiger partial charge in [0.15, 0.2) is 0 Å². The molecule has 2 aromatic rings. The maximum atomic E-state index is 12.8. The van der Waals surface area contributed by atoms with Crippen molar-refractivity contribution in [3.63, 3.8) is 0 Å². The molecule has 26 heavy (non-hydrogen) atoms. The second-order valence-electron chi connectivity index (χ2n) is 6.13. The minimum atomic E-state index is -4.50. The first-order chi connectivity index (χ1) is 12.2. The number of rotatable bonds is 5. The molecule has 2 N–H and O–H groups in total. The van der Waals surface area contributed by atoms with Crippen LogP contribution in [0.3, 0.4) is 0 Å². The van der Waals surface area contributed by atoms with E-state index in [1.165, 1.54) is 12.1 Å². The Morgan fingerprint density at radius 2 is 1.62 bits per heavy atom. The van der Waals surface area contributed by atoms with Gasteiger partial charge in [0.2, 0.25) is 5.91 Å². The van der Waals surface area contributed by atoms with Gasteiger partial charge in [-0.05, 0) is 36.2 Å². The van der Waals surface area contributed by atoms with E-state index in [-0.39, 0.29) is 11.6 Å². The molecule has 138 valence electrons. The molecule has 0 bridgehead atoms. The molecule has 2 rings (SSSR count). The third-order valence-electron chi connectivity index (χ3n) is 3.73. The first-order valence-electron chi connectivity index (χ1n) is 8.02. The molecule has 0 saturated carbocycles. The van der Waals surface area contributed by atoms with Gasteiger partial charge in [-0.15, -0.1) is 0 Å². The highest BCUT2D eigenvalue weighted by Crippen LogP contribution is 2.30. The maximum absolute atomic E-state index is 12.8. The van der Waals surface area contributed by atoms with Gasteiger partial charge in [0, 0.05) is 11.3 Å². The predicted molar refractivity (Wildman–Crippen MR) is 92.6 cm³/mol. The van der Waals surface area contributed by atoms with Crippen LogP contribution in [0.4, 0.5) is 18.9 Å². The van der Waals surface area contributed by atoms with Gasteiger partial charge < -0.3 is 10.6 Å². The summed E-state index contributed by atoms with van der Waals surface area (Å²) in [7, 11) is 0. The number of benzene rings is 2. The molecule has 0 aromatic heterocycles. The van der Waals surface area contributed by atoms with Crippen molar-refractivity contribution in [3.05, 3.63) is 65.7 Å². The van der Waals surface area contributed by atoms with E-state index in [0.29, 0.717) is 5.56 Å². The van der Waals surface area contributed by atoms with Crippen LogP contribution in [0.2, 0.25) is 0 Å². The topological polar surface area (TPSA) is 58.2 Å². The van der Waals surface area contributed by atoms with Gasteiger partial charge in [-0.3, -0.25) is 9.59 Å². The van der Waals surface area contributed by atoms with Crippen molar-refractivity contribution in [3.8, 4) is 0 Å². The van der Waals surface area contributed by atoms with E-state index in [1.54, 1.807) is 44.2 Å². The maximum Gasteiger partial charge on any atom is 0.416 e. The zero-order valence-electron chi connectivity index (χ0n) is 14.3. The van der Waals surface area contributed by atoms with E-state index in [2.05, 4.69) is 10.6 Å². The van der Waals surface area contributed by atoms with Gasteiger partial charge >= 0.3 is 6.18 Å². The molecule has 0 radical (unpaired) electrons. The van der Waals surface area contributed by atoms with E-state index < -0.39 is 29.6 Å². The number of anilines is 1. The van der Waals surface area contributed by atoms with Crippen LogP contribution in [-0.2, 0) is 11.0 Å². The van der Waals surface area contributed by atoms with Gasteiger partial charge in [0.25, 0.3) is 5.91 Å². The second-order valence-corrected chi connectivity index (χ2v) is 6.13. The largest absolute Gasteiger partial charge is 0.416 e. The lowest BCUT2D eigenvalue weighted by Crippen LogP contribution is -2.47. The van der Waals surface area contributed by atoms with E-state index in [9.17, 15) is 22.8 Å². The highest BCUT2D eigenvalue weighted by Gasteiger charge is 2.31. The van der Waals surface area contributed by atoms with Crippen molar-refractivity contribution in [2.45, 2.75) is 26.1 Å². The van der Waals surface area contributed by atoms with Crippen LogP contribution in [-0.4, -0.2) is 17.9 Å². The van der Waals surface area contributed by atoms with E-state index in [4.69, 9.17) is 0 Å². The summed E-state index contributed by atoms with van der Waals surface area (Å²) in [6, 6.07) is 11.8. The monoisotopic (exact) mass is 364 g/mol. The second kappa shape index (κ2) is 8.03. The number of alkyl halides is 3. The Kier molecular flexibility index (Phi) is 6.02. The Bertz CT molecular complexity index is 774. The van der Waals surface area contributed by atoms with Crippen molar-refractivity contribution < 1.29 is 22.8 Å². The number of carbonyl (C=O) groups is 2. The van der Waals surface area contributed by atoms with Gasteiger partial charge in [-0.2, -0.15) is 13.2 Å². The molecular weight excluding hydrogens is 345 g/mol. The number of halogens is 3. The van der Waals surface area contributed by atoms with Crippen LogP contribution in [0.1, 0.15) is 29.8 Å². The molecule has 0 saturated heterocycles. The van der Waals surface area contributed by atoms with Gasteiger partial charge in [0.05, 0.1) is 5.56 Å². The molecule has 0 aliphatic heterocycles. The Labute approximate surface area is 149 Å². The molecule has 0 aliphatic carbocycles. The lowest BCUT2D eigenvalue weighted by atomic mass is 10.0. The van der Waals surface area contributed by atoms with E-state index >= 15 is 0 Å². The van der Waals surface area contributed by atoms with Crippen LogP contribution in [0.15, 0.2) is 54.6 Å². The molecule has 0 unspecified atom stereocenters. The summed E-state index contributed by atoms with van der Waals surface area (Å²) >= 11 is 0. The summed E-state index contributed by atoms with van der Waals surface area (Å²) in [5.41, 5.74) is -0.445. The fourth-order valence-electron chi connectivity index (χ4n) is 2.34. The van der Waals surface area contributed by atoms with Gasteiger partial charge in [0.1, 0.15) is 6.04 Å². The number of carbonyl (C=O) groups excluding carboxylic acids is 2. The predicted octanol–water partition coefficient (Wildman–Crippen LogP) is 4.10. The number of hydrogen-bond donors (Lipinski definition) is 2. The van der Waals surface area contributed by atoms with Crippen LogP contribution in [0, 0.1) is 5.92 Å². The molecule has 1 atom stereocenters. The fourth-order valence-corrected chi connectivity index (χ4v) is 2.34. The molecular formula is C19H19F3N2O2. The Morgan fingerprint density at radius 3 is 2.19 bits per heavy atom. The summed E-state index contributed by atoms with van der Waals surface area (Å²) in [5, 5.41) is 5.06. The van der Waals surface area contributed by atoms with Crippen LogP contribution in [0.5, 0.6) is 0 Å². The first kappa shape index (κ1) is 19.5.